The van der Waals surface area contributed by atoms with Gasteiger partial charge < -0.3 is 9.67 Å². The lowest BCUT2D eigenvalue weighted by molar-refractivity contribution is 0.139. The summed E-state index contributed by atoms with van der Waals surface area (Å²) in [5.41, 5.74) is 0.777. The average Bonchev–Trinajstić information content (AvgIpc) is 2.68. The van der Waals surface area contributed by atoms with Crippen molar-refractivity contribution in [2.24, 2.45) is 0 Å². The Bertz CT molecular complexity index is 815. The van der Waals surface area contributed by atoms with Gasteiger partial charge in [0, 0.05) is 10.6 Å². The molecule has 3 aromatic carbocycles. The SMILES string of the molecule is CC(C)(C(O)c1ccccc1)P(=O)(c1ccccc1)c1ccccc1. The summed E-state index contributed by atoms with van der Waals surface area (Å²) in [5.74, 6) is 0. The van der Waals surface area contributed by atoms with Gasteiger partial charge in [0.1, 0.15) is 0 Å². The molecule has 0 fully saturated rings. The molecule has 0 saturated heterocycles. The van der Waals surface area contributed by atoms with Gasteiger partial charge in [-0.1, -0.05) is 91.0 Å². The van der Waals surface area contributed by atoms with Crippen LogP contribution in [0.1, 0.15) is 25.5 Å². The summed E-state index contributed by atoms with van der Waals surface area (Å²) in [4.78, 5) is 0. The summed E-state index contributed by atoms with van der Waals surface area (Å²) in [5, 5.41) is 11.8. The summed E-state index contributed by atoms with van der Waals surface area (Å²) in [7, 11) is -3.10. The Hall–Kier alpha value is -2.15. The molecule has 0 aliphatic carbocycles. The molecule has 0 radical (unpaired) electrons. The smallest absolute Gasteiger partial charge is 0.151 e. The van der Waals surface area contributed by atoms with Crippen LogP contribution in [0.5, 0.6) is 0 Å². The molecule has 1 unspecified atom stereocenters. The van der Waals surface area contributed by atoms with Crippen LogP contribution in [0.4, 0.5) is 0 Å². The van der Waals surface area contributed by atoms with Crippen molar-refractivity contribution < 1.29 is 9.67 Å². The second-order valence-electron chi connectivity index (χ2n) is 6.75. The maximum absolute atomic E-state index is 14.5. The molecule has 0 aliphatic rings. The number of hydrogen-bond acceptors (Lipinski definition) is 2. The van der Waals surface area contributed by atoms with E-state index < -0.39 is 18.4 Å². The number of aliphatic hydroxyl groups excluding tert-OH is 1. The Labute approximate surface area is 149 Å². The summed E-state index contributed by atoms with van der Waals surface area (Å²) < 4.78 is 14.5. The van der Waals surface area contributed by atoms with Gasteiger partial charge in [-0.2, -0.15) is 0 Å². The maximum atomic E-state index is 14.5. The monoisotopic (exact) mass is 350 g/mol. The first-order valence-corrected chi connectivity index (χ1v) is 10.1. The van der Waals surface area contributed by atoms with E-state index in [9.17, 15) is 9.67 Å². The van der Waals surface area contributed by atoms with E-state index in [2.05, 4.69) is 0 Å². The van der Waals surface area contributed by atoms with Crippen LogP contribution in [0.15, 0.2) is 91.0 Å². The largest absolute Gasteiger partial charge is 0.387 e. The van der Waals surface area contributed by atoms with E-state index in [-0.39, 0.29) is 0 Å². The molecule has 128 valence electrons. The Kier molecular flexibility index (Phi) is 4.94. The summed E-state index contributed by atoms with van der Waals surface area (Å²) in [6.45, 7) is 3.79. The molecule has 25 heavy (non-hydrogen) atoms. The molecule has 0 aromatic heterocycles. The zero-order valence-electron chi connectivity index (χ0n) is 14.5. The lowest BCUT2D eigenvalue weighted by Crippen LogP contribution is -2.38. The first-order valence-electron chi connectivity index (χ1n) is 8.42. The lowest BCUT2D eigenvalue weighted by atomic mass is 9.98. The number of hydrogen-bond donors (Lipinski definition) is 1. The number of aliphatic hydroxyl groups is 1. The highest BCUT2D eigenvalue weighted by Crippen LogP contribution is 2.60. The van der Waals surface area contributed by atoms with Crippen LogP contribution in [0, 0.1) is 0 Å². The quantitative estimate of drug-likeness (QED) is 0.687. The third kappa shape index (κ3) is 3.08. The molecule has 0 spiro atoms. The van der Waals surface area contributed by atoms with Crippen molar-refractivity contribution in [3.63, 3.8) is 0 Å². The third-order valence-corrected chi connectivity index (χ3v) is 8.75. The predicted octanol–water partition coefficient (Wildman–Crippen LogP) is 4.51. The molecule has 0 saturated carbocycles. The highest BCUT2D eigenvalue weighted by Gasteiger charge is 2.48. The molecule has 1 N–H and O–H groups in total. The predicted molar refractivity (Wildman–Crippen MR) is 105 cm³/mol. The molecule has 0 bridgehead atoms. The second-order valence-corrected chi connectivity index (χ2v) is 10.2. The third-order valence-electron chi connectivity index (χ3n) is 4.84. The van der Waals surface area contributed by atoms with E-state index in [1.54, 1.807) is 0 Å². The molecule has 3 rings (SSSR count). The Morgan fingerprint density at radius 2 is 1.08 bits per heavy atom. The van der Waals surface area contributed by atoms with Gasteiger partial charge in [0.15, 0.2) is 7.14 Å². The van der Waals surface area contributed by atoms with Crippen molar-refractivity contribution in [2.75, 3.05) is 0 Å². The van der Waals surface area contributed by atoms with E-state index >= 15 is 0 Å². The topological polar surface area (TPSA) is 37.3 Å². The molecule has 0 heterocycles. The Morgan fingerprint density at radius 1 is 0.720 bits per heavy atom. The Balaban J connectivity index is 2.20. The van der Waals surface area contributed by atoms with Crippen LogP contribution in [0.25, 0.3) is 0 Å². The summed E-state index contributed by atoms with van der Waals surface area (Å²) in [6.07, 6.45) is -0.847. The van der Waals surface area contributed by atoms with Gasteiger partial charge in [-0.15, -0.1) is 0 Å². The van der Waals surface area contributed by atoms with E-state index in [1.165, 1.54) is 0 Å². The van der Waals surface area contributed by atoms with Crippen LogP contribution >= 0.6 is 7.14 Å². The minimum Gasteiger partial charge on any atom is -0.387 e. The number of benzene rings is 3. The minimum absolute atomic E-state index is 0.765. The molecule has 3 aromatic rings. The second kappa shape index (κ2) is 7.00. The maximum Gasteiger partial charge on any atom is 0.151 e. The molecular weight excluding hydrogens is 327 g/mol. The zero-order valence-corrected chi connectivity index (χ0v) is 15.4. The molecule has 0 aliphatic heterocycles. The zero-order chi connectivity index (χ0) is 17.9. The lowest BCUT2D eigenvalue weighted by Gasteiger charge is -2.39. The molecule has 3 heteroatoms. The molecule has 0 amide bonds. The van der Waals surface area contributed by atoms with E-state index in [0.29, 0.717) is 0 Å². The van der Waals surface area contributed by atoms with Crippen molar-refractivity contribution in [3.05, 3.63) is 96.6 Å². The fourth-order valence-corrected chi connectivity index (χ4v) is 6.61. The fourth-order valence-electron chi connectivity index (χ4n) is 3.31. The van der Waals surface area contributed by atoms with Gasteiger partial charge in [0.05, 0.1) is 11.3 Å². The van der Waals surface area contributed by atoms with Gasteiger partial charge in [0.25, 0.3) is 0 Å². The van der Waals surface area contributed by atoms with E-state index in [4.69, 9.17) is 0 Å². The first-order chi connectivity index (χ1) is 12.0. The van der Waals surface area contributed by atoms with Crippen molar-refractivity contribution in [2.45, 2.75) is 25.1 Å². The van der Waals surface area contributed by atoms with Gasteiger partial charge in [0.2, 0.25) is 0 Å². The highest BCUT2D eigenvalue weighted by atomic mass is 31.2. The fraction of sp³-hybridized carbons (Fsp3) is 0.182. The van der Waals surface area contributed by atoms with Crippen LogP contribution in [0.2, 0.25) is 0 Å². The van der Waals surface area contributed by atoms with E-state index in [0.717, 1.165) is 16.2 Å². The van der Waals surface area contributed by atoms with Gasteiger partial charge in [-0.3, -0.25) is 0 Å². The Morgan fingerprint density at radius 3 is 1.48 bits per heavy atom. The van der Waals surface area contributed by atoms with Crippen LogP contribution < -0.4 is 10.6 Å². The van der Waals surface area contributed by atoms with Gasteiger partial charge in [-0.05, 0) is 19.4 Å². The van der Waals surface area contributed by atoms with Crippen LogP contribution in [0.3, 0.4) is 0 Å². The average molecular weight is 350 g/mol. The van der Waals surface area contributed by atoms with Gasteiger partial charge in [-0.25, -0.2) is 0 Å². The van der Waals surface area contributed by atoms with E-state index in [1.807, 2.05) is 105 Å². The van der Waals surface area contributed by atoms with Crippen LogP contribution in [-0.4, -0.2) is 10.3 Å². The van der Waals surface area contributed by atoms with Crippen molar-refractivity contribution in [1.82, 2.24) is 0 Å². The number of rotatable bonds is 5. The normalized spacial score (nSPS) is 13.4. The summed E-state index contributed by atoms with van der Waals surface area (Å²) in [6, 6.07) is 28.5. The molecular formula is C22H23O2P. The summed E-state index contributed by atoms with van der Waals surface area (Å²) >= 11 is 0. The first kappa shape index (κ1) is 17.7. The van der Waals surface area contributed by atoms with Crippen molar-refractivity contribution in [3.8, 4) is 0 Å². The standard InChI is InChI=1S/C22H23O2P/c1-22(2,21(23)18-12-6-3-7-13-18)25(24,19-14-8-4-9-15-19)20-16-10-5-11-17-20/h3-17,21,23H,1-2H3. The van der Waals surface area contributed by atoms with Crippen LogP contribution in [-0.2, 0) is 4.57 Å². The molecule has 2 nitrogen and oxygen atoms in total. The van der Waals surface area contributed by atoms with Crippen molar-refractivity contribution in [1.29, 1.82) is 0 Å². The highest BCUT2D eigenvalue weighted by molar-refractivity contribution is 7.80. The van der Waals surface area contributed by atoms with Gasteiger partial charge >= 0.3 is 0 Å². The molecule has 1 atom stereocenters. The minimum atomic E-state index is -3.10. The van der Waals surface area contributed by atoms with Crippen molar-refractivity contribution >= 4 is 17.8 Å².